The zero-order chi connectivity index (χ0) is 13.2. The molecule has 94 valence electrons. The highest BCUT2D eigenvalue weighted by Crippen LogP contribution is 2.29. The van der Waals surface area contributed by atoms with Gasteiger partial charge in [-0.1, -0.05) is 11.6 Å². The fraction of sp³-hybridized carbons (Fsp3) is 0.417. The molecule has 17 heavy (non-hydrogen) atoms. The molecule has 0 aliphatic carbocycles. The summed E-state index contributed by atoms with van der Waals surface area (Å²) in [5, 5.41) is 0.507. The molecule has 0 N–H and O–H groups in total. The highest BCUT2D eigenvalue weighted by molar-refractivity contribution is 14.1. The molecule has 5 heteroatoms. The van der Waals surface area contributed by atoms with Crippen LogP contribution in [0.2, 0.25) is 5.02 Å². The molecule has 0 spiro atoms. The molecule has 0 fully saturated rings. The lowest BCUT2D eigenvalue weighted by Gasteiger charge is -2.20. The SMILES string of the molecule is COc1cc(I)c(Cl)cc1C(=O)OC(C)(C)C. The van der Waals surface area contributed by atoms with Crippen LogP contribution in [0.3, 0.4) is 0 Å². The largest absolute Gasteiger partial charge is 0.496 e. The predicted molar refractivity (Wildman–Crippen MR) is 75.9 cm³/mol. The van der Waals surface area contributed by atoms with Crippen molar-refractivity contribution in [2.75, 3.05) is 7.11 Å². The maximum absolute atomic E-state index is 11.9. The first-order valence-corrected chi connectivity index (χ1v) is 6.46. The second kappa shape index (κ2) is 5.44. The van der Waals surface area contributed by atoms with E-state index in [0.717, 1.165) is 3.57 Å². The first-order valence-electron chi connectivity index (χ1n) is 5.01. The zero-order valence-electron chi connectivity index (χ0n) is 10.1. The van der Waals surface area contributed by atoms with Gasteiger partial charge in [-0.05, 0) is 55.5 Å². The van der Waals surface area contributed by atoms with Crippen LogP contribution in [0.4, 0.5) is 0 Å². The number of methoxy groups -OCH3 is 1. The molecule has 0 bridgehead atoms. The van der Waals surface area contributed by atoms with E-state index < -0.39 is 11.6 Å². The molecule has 1 aromatic rings. The van der Waals surface area contributed by atoms with Gasteiger partial charge in [0.2, 0.25) is 0 Å². The minimum absolute atomic E-state index is 0.341. The normalized spacial score (nSPS) is 11.2. The van der Waals surface area contributed by atoms with E-state index in [1.807, 2.05) is 20.8 Å². The maximum Gasteiger partial charge on any atom is 0.342 e. The van der Waals surface area contributed by atoms with E-state index in [1.54, 1.807) is 12.1 Å². The molecule has 0 heterocycles. The molecule has 0 amide bonds. The van der Waals surface area contributed by atoms with E-state index >= 15 is 0 Å². The van der Waals surface area contributed by atoms with Gasteiger partial charge in [-0.15, -0.1) is 0 Å². The third-order valence-electron chi connectivity index (χ3n) is 1.86. The van der Waals surface area contributed by atoms with Gasteiger partial charge in [0, 0.05) is 3.57 Å². The van der Waals surface area contributed by atoms with Crippen LogP contribution in [-0.4, -0.2) is 18.7 Å². The second-order valence-corrected chi connectivity index (χ2v) is 6.04. The van der Waals surface area contributed by atoms with Crippen molar-refractivity contribution in [1.82, 2.24) is 0 Å². The number of benzene rings is 1. The minimum Gasteiger partial charge on any atom is -0.496 e. The lowest BCUT2D eigenvalue weighted by atomic mass is 10.1. The number of ether oxygens (including phenoxy) is 2. The van der Waals surface area contributed by atoms with Crippen LogP contribution in [0.5, 0.6) is 5.75 Å². The fourth-order valence-corrected chi connectivity index (χ4v) is 1.79. The van der Waals surface area contributed by atoms with Crippen LogP contribution in [0.25, 0.3) is 0 Å². The lowest BCUT2D eigenvalue weighted by Crippen LogP contribution is -2.24. The van der Waals surface area contributed by atoms with E-state index in [9.17, 15) is 4.79 Å². The van der Waals surface area contributed by atoms with Crippen molar-refractivity contribution >= 4 is 40.2 Å². The smallest absolute Gasteiger partial charge is 0.342 e. The monoisotopic (exact) mass is 368 g/mol. The number of hydrogen-bond acceptors (Lipinski definition) is 3. The Morgan fingerprint density at radius 2 is 1.94 bits per heavy atom. The second-order valence-electron chi connectivity index (χ2n) is 4.47. The summed E-state index contributed by atoms with van der Waals surface area (Å²) in [4.78, 5) is 11.9. The number of carbonyl (C=O) groups excluding carboxylic acids is 1. The molecule has 0 saturated carbocycles. The summed E-state index contributed by atoms with van der Waals surface area (Å²) in [6, 6.07) is 3.28. The van der Waals surface area contributed by atoms with Crippen molar-refractivity contribution in [1.29, 1.82) is 0 Å². The highest BCUT2D eigenvalue weighted by atomic mass is 127. The molecule has 1 aromatic carbocycles. The summed E-state index contributed by atoms with van der Waals surface area (Å²) in [6.45, 7) is 5.43. The fourth-order valence-electron chi connectivity index (χ4n) is 1.19. The van der Waals surface area contributed by atoms with Crippen molar-refractivity contribution in [2.45, 2.75) is 26.4 Å². The lowest BCUT2D eigenvalue weighted by molar-refractivity contribution is 0.00665. The molecule has 0 aliphatic heterocycles. The van der Waals surface area contributed by atoms with Crippen molar-refractivity contribution in [3.8, 4) is 5.75 Å². The Balaban J connectivity index is 3.12. The summed E-state index contributed by atoms with van der Waals surface area (Å²) in [5.41, 5.74) is -0.203. The Hall–Kier alpha value is -0.490. The quantitative estimate of drug-likeness (QED) is 0.586. The van der Waals surface area contributed by atoms with Crippen molar-refractivity contribution in [3.05, 3.63) is 26.3 Å². The zero-order valence-corrected chi connectivity index (χ0v) is 13.0. The van der Waals surface area contributed by atoms with E-state index in [1.165, 1.54) is 7.11 Å². The Morgan fingerprint density at radius 1 is 1.35 bits per heavy atom. The van der Waals surface area contributed by atoms with Crippen molar-refractivity contribution in [3.63, 3.8) is 0 Å². The molecular weight excluding hydrogens is 354 g/mol. The number of rotatable bonds is 2. The summed E-state index contributed by atoms with van der Waals surface area (Å²) in [7, 11) is 1.51. The molecule has 1 rings (SSSR count). The third-order valence-corrected chi connectivity index (χ3v) is 3.39. The van der Waals surface area contributed by atoms with Crippen LogP contribution < -0.4 is 4.74 Å². The molecule has 3 nitrogen and oxygen atoms in total. The van der Waals surface area contributed by atoms with Crippen molar-refractivity contribution in [2.24, 2.45) is 0 Å². The van der Waals surface area contributed by atoms with E-state index in [4.69, 9.17) is 21.1 Å². The standard InChI is InChI=1S/C12H14ClIO3/c1-12(2,3)17-11(15)7-5-8(13)9(14)6-10(7)16-4/h5-6H,1-4H3. The Morgan fingerprint density at radius 3 is 2.41 bits per heavy atom. The van der Waals surface area contributed by atoms with Gasteiger partial charge >= 0.3 is 5.97 Å². The van der Waals surface area contributed by atoms with E-state index in [2.05, 4.69) is 22.6 Å². The molecule has 0 saturated heterocycles. The maximum atomic E-state index is 11.9. The third kappa shape index (κ3) is 4.03. The van der Waals surface area contributed by atoms with Crippen LogP contribution in [0.1, 0.15) is 31.1 Å². The van der Waals surface area contributed by atoms with Crippen LogP contribution in [0.15, 0.2) is 12.1 Å². The van der Waals surface area contributed by atoms with Crippen molar-refractivity contribution < 1.29 is 14.3 Å². The average Bonchev–Trinajstić information content (AvgIpc) is 2.18. The Labute approximate surface area is 120 Å². The van der Waals surface area contributed by atoms with Crippen LogP contribution in [-0.2, 0) is 4.74 Å². The van der Waals surface area contributed by atoms with Crippen LogP contribution in [0, 0.1) is 3.57 Å². The molecule has 0 radical (unpaired) electrons. The molecule has 0 unspecified atom stereocenters. The number of hydrogen-bond donors (Lipinski definition) is 0. The van der Waals surface area contributed by atoms with Gasteiger partial charge in [0.15, 0.2) is 0 Å². The summed E-state index contributed by atoms with van der Waals surface area (Å²) in [5.74, 6) is 0.0284. The summed E-state index contributed by atoms with van der Waals surface area (Å²) in [6.07, 6.45) is 0. The predicted octanol–water partition coefficient (Wildman–Crippen LogP) is 3.91. The number of carbonyl (C=O) groups is 1. The molecule has 0 aromatic heterocycles. The highest BCUT2D eigenvalue weighted by Gasteiger charge is 2.22. The Bertz CT molecular complexity index is 438. The number of halogens is 2. The molecule has 0 aliphatic rings. The number of esters is 1. The van der Waals surface area contributed by atoms with Gasteiger partial charge in [0.25, 0.3) is 0 Å². The first kappa shape index (κ1) is 14.6. The topological polar surface area (TPSA) is 35.5 Å². The molecular formula is C12H14ClIO3. The molecule has 0 atom stereocenters. The van der Waals surface area contributed by atoms with E-state index in [0.29, 0.717) is 16.3 Å². The van der Waals surface area contributed by atoms with Gasteiger partial charge in [-0.2, -0.15) is 0 Å². The Kier molecular flexibility index (Phi) is 4.66. The van der Waals surface area contributed by atoms with Gasteiger partial charge in [-0.3, -0.25) is 0 Å². The summed E-state index contributed by atoms with van der Waals surface area (Å²) >= 11 is 8.06. The summed E-state index contributed by atoms with van der Waals surface area (Å²) < 4.78 is 11.3. The first-order chi connectivity index (χ1) is 7.74. The average molecular weight is 369 g/mol. The van der Waals surface area contributed by atoms with Gasteiger partial charge in [0.1, 0.15) is 16.9 Å². The van der Waals surface area contributed by atoms with Crippen LogP contribution >= 0.6 is 34.2 Å². The van der Waals surface area contributed by atoms with Gasteiger partial charge < -0.3 is 9.47 Å². The van der Waals surface area contributed by atoms with Gasteiger partial charge in [-0.25, -0.2) is 4.79 Å². The van der Waals surface area contributed by atoms with E-state index in [-0.39, 0.29) is 0 Å². The van der Waals surface area contributed by atoms with Gasteiger partial charge in [0.05, 0.1) is 12.1 Å². The minimum atomic E-state index is -0.544.